The Morgan fingerprint density at radius 2 is 2.19 bits per heavy atom. The number of hydrogen-bond donors (Lipinski definition) is 1. The van der Waals surface area contributed by atoms with Crippen molar-refractivity contribution in [1.29, 1.82) is 0 Å². The van der Waals surface area contributed by atoms with Crippen molar-refractivity contribution in [2.75, 3.05) is 0 Å². The molecule has 0 radical (unpaired) electrons. The first-order valence-electron chi connectivity index (χ1n) is 5.44. The Balaban J connectivity index is 2.37. The molecule has 0 bridgehead atoms. The summed E-state index contributed by atoms with van der Waals surface area (Å²) < 4.78 is 5.15. The maximum atomic E-state index is 11.4. The van der Waals surface area contributed by atoms with Gasteiger partial charge in [-0.25, -0.2) is 4.79 Å². The largest absolute Gasteiger partial charge is 0.444 e. The van der Waals surface area contributed by atoms with Crippen LogP contribution in [0.25, 0.3) is 0 Å². The van der Waals surface area contributed by atoms with Crippen LogP contribution in [-0.4, -0.2) is 11.7 Å². The highest BCUT2D eigenvalue weighted by molar-refractivity contribution is 7.10. The highest BCUT2D eigenvalue weighted by Crippen LogP contribution is 2.15. The van der Waals surface area contributed by atoms with Crippen molar-refractivity contribution in [1.82, 2.24) is 5.32 Å². The van der Waals surface area contributed by atoms with Crippen molar-refractivity contribution >= 4 is 17.4 Å². The molecule has 0 atom stereocenters. The maximum absolute atomic E-state index is 11.4. The lowest BCUT2D eigenvalue weighted by Gasteiger charge is -2.19. The average Bonchev–Trinajstić information content (AvgIpc) is 2.59. The zero-order valence-corrected chi connectivity index (χ0v) is 11.1. The van der Waals surface area contributed by atoms with Crippen LogP contribution in [0.3, 0.4) is 0 Å². The number of amides is 1. The second-order valence-corrected chi connectivity index (χ2v) is 5.63. The topological polar surface area (TPSA) is 38.3 Å². The molecule has 0 unspecified atom stereocenters. The number of rotatable bonds is 3. The van der Waals surface area contributed by atoms with E-state index in [-0.39, 0.29) is 6.09 Å². The van der Waals surface area contributed by atoms with Gasteiger partial charge in [-0.15, -0.1) is 11.3 Å². The van der Waals surface area contributed by atoms with Gasteiger partial charge in [-0.1, -0.05) is 6.92 Å². The molecule has 0 saturated carbocycles. The zero-order valence-electron chi connectivity index (χ0n) is 10.3. The lowest BCUT2D eigenvalue weighted by molar-refractivity contribution is 0.0523. The number of carbonyl (C=O) groups excluding carboxylic acids is 1. The Labute approximate surface area is 101 Å². The number of aryl methyl sites for hydroxylation is 1. The van der Waals surface area contributed by atoms with Crippen molar-refractivity contribution in [2.24, 2.45) is 0 Å². The van der Waals surface area contributed by atoms with E-state index in [1.165, 1.54) is 4.88 Å². The third-order valence-corrected chi connectivity index (χ3v) is 3.02. The molecule has 0 saturated heterocycles. The molecule has 1 N–H and O–H groups in total. The second kappa shape index (κ2) is 5.34. The van der Waals surface area contributed by atoms with E-state index in [0.29, 0.717) is 6.54 Å². The van der Waals surface area contributed by atoms with Gasteiger partial charge < -0.3 is 10.1 Å². The van der Waals surface area contributed by atoms with Crippen LogP contribution in [-0.2, 0) is 17.7 Å². The SMILES string of the molecule is CCc1cc(CNC(=O)OC(C)(C)C)cs1. The number of nitrogens with one attached hydrogen (secondary N) is 1. The molecule has 0 aromatic carbocycles. The molecule has 0 aliphatic carbocycles. The van der Waals surface area contributed by atoms with E-state index >= 15 is 0 Å². The average molecular weight is 241 g/mol. The summed E-state index contributed by atoms with van der Waals surface area (Å²) in [6.07, 6.45) is 0.675. The number of hydrogen-bond acceptors (Lipinski definition) is 3. The summed E-state index contributed by atoms with van der Waals surface area (Å²) in [6, 6.07) is 2.11. The van der Waals surface area contributed by atoms with Crippen LogP contribution >= 0.6 is 11.3 Å². The van der Waals surface area contributed by atoms with Crippen molar-refractivity contribution in [3.8, 4) is 0 Å². The molecule has 0 fully saturated rings. The molecule has 1 rings (SSSR count). The quantitative estimate of drug-likeness (QED) is 0.881. The van der Waals surface area contributed by atoms with Gasteiger partial charge in [0, 0.05) is 11.4 Å². The fourth-order valence-electron chi connectivity index (χ4n) is 1.19. The van der Waals surface area contributed by atoms with E-state index in [1.54, 1.807) is 11.3 Å². The van der Waals surface area contributed by atoms with Crippen LogP contribution in [0.1, 0.15) is 38.1 Å². The fraction of sp³-hybridized carbons (Fsp3) is 0.583. The zero-order chi connectivity index (χ0) is 12.2. The molecule has 1 heterocycles. The Morgan fingerprint density at radius 3 is 2.69 bits per heavy atom. The smallest absolute Gasteiger partial charge is 0.407 e. The van der Waals surface area contributed by atoms with E-state index in [4.69, 9.17) is 4.74 Å². The summed E-state index contributed by atoms with van der Waals surface area (Å²) in [5.74, 6) is 0. The molecule has 0 aliphatic rings. The molecule has 0 aliphatic heterocycles. The predicted molar refractivity (Wildman–Crippen MR) is 66.8 cm³/mol. The highest BCUT2D eigenvalue weighted by Gasteiger charge is 2.15. The first-order chi connectivity index (χ1) is 7.40. The van der Waals surface area contributed by atoms with E-state index in [1.807, 2.05) is 20.8 Å². The Bertz CT molecular complexity index is 352. The van der Waals surface area contributed by atoms with Crippen molar-refractivity contribution in [3.05, 3.63) is 21.9 Å². The molecular weight excluding hydrogens is 222 g/mol. The van der Waals surface area contributed by atoms with Gasteiger partial charge in [-0.2, -0.15) is 0 Å². The Hall–Kier alpha value is -1.03. The lowest BCUT2D eigenvalue weighted by Crippen LogP contribution is -2.32. The minimum atomic E-state index is -0.437. The first kappa shape index (κ1) is 13.0. The number of thiophene rings is 1. The normalized spacial score (nSPS) is 11.2. The highest BCUT2D eigenvalue weighted by atomic mass is 32.1. The monoisotopic (exact) mass is 241 g/mol. The molecule has 16 heavy (non-hydrogen) atoms. The van der Waals surface area contributed by atoms with Crippen molar-refractivity contribution in [3.63, 3.8) is 0 Å². The maximum Gasteiger partial charge on any atom is 0.407 e. The van der Waals surface area contributed by atoms with Gasteiger partial charge >= 0.3 is 6.09 Å². The molecule has 1 aromatic heterocycles. The standard InChI is InChI=1S/C12H19NO2S/c1-5-10-6-9(8-16-10)7-13-11(14)15-12(2,3)4/h6,8H,5,7H2,1-4H3,(H,13,14). The van der Waals surface area contributed by atoms with Crippen molar-refractivity contribution in [2.45, 2.75) is 46.3 Å². The number of alkyl carbamates (subject to hydrolysis) is 1. The summed E-state index contributed by atoms with van der Waals surface area (Å²) in [5.41, 5.74) is 0.695. The van der Waals surface area contributed by atoms with Gasteiger partial charge in [-0.3, -0.25) is 0 Å². The van der Waals surface area contributed by atoms with Crippen LogP contribution in [0.15, 0.2) is 11.4 Å². The van der Waals surface area contributed by atoms with E-state index < -0.39 is 5.60 Å². The molecule has 4 heteroatoms. The van der Waals surface area contributed by atoms with Gasteiger partial charge in [0.05, 0.1) is 0 Å². The predicted octanol–water partition coefficient (Wildman–Crippen LogP) is 3.34. The van der Waals surface area contributed by atoms with E-state index in [2.05, 4.69) is 23.7 Å². The lowest BCUT2D eigenvalue weighted by atomic mass is 10.2. The van der Waals surface area contributed by atoms with Gasteiger partial charge in [-0.05, 0) is 44.2 Å². The number of carbonyl (C=O) groups is 1. The molecule has 1 aromatic rings. The van der Waals surface area contributed by atoms with Crippen LogP contribution < -0.4 is 5.32 Å². The number of ether oxygens (including phenoxy) is 1. The van der Waals surface area contributed by atoms with Gasteiger partial charge in [0.15, 0.2) is 0 Å². The minimum Gasteiger partial charge on any atom is -0.444 e. The second-order valence-electron chi connectivity index (χ2n) is 4.63. The summed E-state index contributed by atoms with van der Waals surface area (Å²) >= 11 is 1.72. The van der Waals surface area contributed by atoms with Gasteiger partial charge in [0.2, 0.25) is 0 Å². The van der Waals surface area contributed by atoms with Crippen LogP contribution in [0.4, 0.5) is 4.79 Å². The van der Waals surface area contributed by atoms with Gasteiger partial charge in [0.1, 0.15) is 5.60 Å². The van der Waals surface area contributed by atoms with Crippen LogP contribution in [0.5, 0.6) is 0 Å². The fourth-order valence-corrected chi connectivity index (χ4v) is 2.03. The third kappa shape index (κ3) is 4.66. The summed E-state index contributed by atoms with van der Waals surface area (Å²) in [7, 11) is 0. The Kier molecular flexibility index (Phi) is 4.35. The molecule has 0 spiro atoms. The van der Waals surface area contributed by atoms with Gasteiger partial charge in [0.25, 0.3) is 0 Å². The summed E-state index contributed by atoms with van der Waals surface area (Å²) in [4.78, 5) is 12.7. The van der Waals surface area contributed by atoms with E-state index in [0.717, 1.165) is 12.0 Å². The van der Waals surface area contributed by atoms with Crippen LogP contribution in [0, 0.1) is 0 Å². The summed E-state index contributed by atoms with van der Waals surface area (Å²) in [5, 5.41) is 4.80. The first-order valence-corrected chi connectivity index (χ1v) is 6.32. The minimum absolute atomic E-state index is 0.364. The Morgan fingerprint density at radius 1 is 1.50 bits per heavy atom. The van der Waals surface area contributed by atoms with E-state index in [9.17, 15) is 4.79 Å². The van der Waals surface area contributed by atoms with Crippen LogP contribution in [0.2, 0.25) is 0 Å². The molecule has 90 valence electrons. The molecule has 3 nitrogen and oxygen atoms in total. The summed E-state index contributed by atoms with van der Waals surface area (Å²) in [6.45, 7) is 8.22. The molecule has 1 amide bonds. The van der Waals surface area contributed by atoms with Crippen molar-refractivity contribution < 1.29 is 9.53 Å². The molecular formula is C12H19NO2S. The third-order valence-electron chi connectivity index (χ3n) is 1.89.